The standard InChI is InChI=1S/C16H11BrF3NO/c17-14-6-2-5-12-13(14)9-21(15(12)22)8-10-3-1-4-11(7-10)16(18,19)20/h1-7H,8-9H2. The second-order valence-corrected chi connectivity index (χ2v) is 5.98. The predicted molar refractivity (Wildman–Crippen MR) is 79.2 cm³/mol. The fraction of sp³-hybridized carbons (Fsp3) is 0.188. The van der Waals surface area contributed by atoms with E-state index in [0.29, 0.717) is 17.7 Å². The Hall–Kier alpha value is -1.82. The molecule has 6 heteroatoms. The molecular formula is C16H11BrF3NO. The second-order valence-electron chi connectivity index (χ2n) is 5.13. The average molecular weight is 370 g/mol. The van der Waals surface area contributed by atoms with Gasteiger partial charge >= 0.3 is 6.18 Å². The van der Waals surface area contributed by atoms with Crippen molar-refractivity contribution in [1.82, 2.24) is 4.90 Å². The Morgan fingerprint density at radius 1 is 1.14 bits per heavy atom. The maximum Gasteiger partial charge on any atom is 0.416 e. The van der Waals surface area contributed by atoms with Gasteiger partial charge in [-0.3, -0.25) is 4.79 Å². The van der Waals surface area contributed by atoms with Gasteiger partial charge in [0.2, 0.25) is 0 Å². The molecule has 0 atom stereocenters. The summed E-state index contributed by atoms with van der Waals surface area (Å²) in [5.74, 6) is -0.159. The molecule has 1 heterocycles. The molecule has 1 aliphatic heterocycles. The third kappa shape index (κ3) is 2.75. The van der Waals surface area contributed by atoms with E-state index in [2.05, 4.69) is 15.9 Å². The van der Waals surface area contributed by atoms with Gasteiger partial charge in [-0.25, -0.2) is 0 Å². The van der Waals surface area contributed by atoms with E-state index in [1.807, 2.05) is 6.07 Å². The van der Waals surface area contributed by atoms with Gasteiger partial charge in [0.15, 0.2) is 0 Å². The van der Waals surface area contributed by atoms with E-state index in [-0.39, 0.29) is 12.5 Å². The van der Waals surface area contributed by atoms with Crippen molar-refractivity contribution in [3.05, 3.63) is 69.2 Å². The minimum atomic E-state index is -4.38. The lowest BCUT2D eigenvalue weighted by Gasteiger charge is -2.17. The summed E-state index contributed by atoms with van der Waals surface area (Å²) in [6.45, 7) is 0.551. The highest BCUT2D eigenvalue weighted by Gasteiger charge is 2.32. The van der Waals surface area contributed by atoms with E-state index >= 15 is 0 Å². The number of carbonyl (C=O) groups is 1. The Bertz CT molecular complexity index is 742. The van der Waals surface area contributed by atoms with Crippen LogP contribution in [-0.4, -0.2) is 10.8 Å². The highest BCUT2D eigenvalue weighted by molar-refractivity contribution is 9.10. The van der Waals surface area contributed by atoms with Crippen molar-refractivity contribution < 1.29 is 18.0 Å². The Morgan fingerprint density at radius 3 is 2.55 bits per heavy atom. The van der Waals surface area contributed by atoms with E-state index in [1.54, 1.807) is 23.1 Å². The van der Waals surface area contributed by atoms with Crippen LogP contribution < -0.4 is 0 Å². The molecule has 1 amide bonds. The number of rotatable bonds is 2. The molecule has 0 unspecified atom stereocenters. The summed E-state index contributed by atoms with van der Waals surface area (Å²) in [4.78, 5) is 13.9. The zero-order chi connectivity index (χ0) is 15.9. The zero-order valence-electron chi connectivity index (χ0n) is 11.3. The highest BCUT2D eigenvalue weighted by atomic mass is 79.9. The third-order valence-corrected chi connectivity index (χ3v) is 4.36. The van der Waals surface area contributed by atoms with Gasteiger partial charge in [0.25, 0.3) is 5.91 Å². The van der Waals surface area contributed by atoms with Crippen LogP contribution in [-0.2, 0) is 19.3 Å². The first kappa shape index (κ1) is 15.1. The summed E-state index contributed by atoms with van der Waals surface area (Å²) in [5, 5.41) is 0. The first-order valence-corrected chi connectivity index (χ1v) is 7.38. The van der Waals surface area contributed by atoms with Gasteiger partial charge in [-0.1, -0.05) is 34.1 Å². The largest absolute Gasteiger partial charge is 0.416 e. The molecule has 0 aromatic heterocycles. The smallest absolute Gasteiger partial charge is 0.330 e. The highest BCUT2D eigenvalue weighted by Crippen LogP contribution is 2.32. The predicted octanol–water partition coefficient (Wildman–Crippen LogP) is 4.62. The summed E-state index contributed by atoms with van der Waals surface area (Å²) < 4.78 is 39.1. The van der Waals surface area contributed by atoms with Crippen molar-refractivity contribution in [3.8, 4) is 0 Å². The van der Waals surface area contributed by atoms with Crippen molar-refractivity contribution in [3.63, 3.8) is 0 Å². The minimum Gasteiger partial charge on any atom is -0.330 e. The molecule has 1 aliphatic rings. The van der Waals surface area contributed by atoms with Gasteiger partial charge in [-0.15, -0.1) is 0 Å². The molecule has 2 aromatic carbocycles. The summed E-state index contributed by atoms with van der Waals surface area (Å²) >= 11 is 3.40. The number of hydrogen-bond acceptors (Lipinski definition) is 1. The van der Waals surface area contributed by atoms with E-state index in [1.165, 1.54) is 6.07 Å². The molecule has 0 fully saturated rings. The van der Waals surface area contributed by atoms with Gasteiger partial charge in [0, 0.05) is 23.1 Å². The first-order valence-electron chi connectivity index (χ1n) is 6.59. The van der Waals surface area contributed by atoms with Crippen LogP contribution in [0.1, 0.15) is 27.0 Å². The summed E-state index contributed by atoms with van der Waals surface area (Å²) in [6, 6.07) is 10.4. The second kappa shape index (κ2) is 5.43. The fourth-order valence-electron chi connectivity index (χ4n) is 2.55. The number of amides is 1. The van der Waals surface area contributed by atoms with Crippen LogP contribution in [0.4, 0.5) is 13.2 Å². The number of benzene rings is 2. The molecule has 0 spiro atoms. The Morgan fingerprint density at radius 2 is 1.86 bits per heavy atom. The van der Waals surface area contributed by atoms with Gasteiger partial charge in [-0.05, 0) is 35.4 Å². The third-order valence-electron chi connectivity index (χ3n) is 3.61. The molecular weight excluding hydrogens is 359 g/mol. The molecule has 3 rings (SSSR count). The molecule has 114 valence electrons. The molecule has 0 N–H and O–H groups in total. The molecule has 0 bridgehead atoms. The van der Waals surface area contributed by atoms with Crippen molar-refractivity contribution in [2.75, 3.05) is 0 Å². The lowest BCUT2D eigenvalue weighted by molar-refractivity contribution is -0.137. The van der Waals surface area contributed by atoms with Crippen molar-refractivity contribution in [2.24, 2.45) is 0 Å². The number of carbonyl (C=O) groups excluding carboxylic acids is 1. The van der Waals surface area contributed by atoms with E-state index in [0.717, 1.165) is 22.2 Å². The van der Waals surface area contributed by atoms with Crippen LogP contribution in [0.25, 0.3) is 0 Å². The Balaban J connectivity index is 1.84. The molecule has 0 saturated carbocycles. The van der Waals surface area contributed by atoms with Crippen LogP contribution in [0.5, 0.6) is 0 Å². The quantitative estimate of drug-likeness (QED) is 0.755. The van der Waals surface area contributed by atoms with Gasteiger partial charge in [0.1, 0.15) is 0 Å². The monoisotopic (exact) mass is 369 g/mol. The zero-order valence-corrected chi connectivity index (χ0v) is 12.9. The van der Waals surface area contributed by atoms with Crippen LogP contribution in [0.2, 0.25) is 0 Å². The summed E-state index contributed by atoms with van der Waals surface area (Å²) in [6.07, 6.45) is -4.38. The number of nitrogens with zero attached hydrogens (tertiary/aromatic N) is 1. The van der Waals surface area contributed by atoms with Crippen molar-refractivity contribution in [1.29, 1.82) is 0 Å². The molecule has 2 aromatic rings. The normalized spacial score (nSPS) is 14.4. The SMILES string of the molecule is O=C1c2cccc(Br)c2CN1Cc1cccc(C(F)(F)F)c1. The number of alkyl halides is 3. The maximum absolute atomic E-state index is 12.7. The lowest BCUT2D eigenvalue weighted by Crippen LogP contribution is -2.23. The van der Waals surface area contributed by atoms with Crippen LogP contribution in [0, 0.1) is 0 Å². The van der Waals surface area contributed by atoms with Crippen molar-refractivity contribution >= 4 is 21.8 Å². The molecule has 0 saturated heterocycles. The van der Waals surface area contributed by atoms with Crippen molar-refractivity contribution in [2.45, 2.75) is 19.3 Å². The molecule has 0 aliphatic carbocycles. The fourth-order valence-corrected chi connectivity index (χ4v) is 3.04. The van der Waals surface area contributed by atoms with Crippen LogP contribution in [0.15, 0.2) is 46.9 Å². The van der Waals surface area contributed by atoms with Gasteiger partial charge in [0.05, 0.1) is 5.56 Å². The topological polar surface area (TPSA) is 20.3 Å². The van der Waals surface area contributed by atoms with E-state index in [9.17, 15) is 18.0 Å². The van der Waals surface area contributed by atoms with Crippen LogP contribution in [0.3, 0.4) is 0 Å². The maximum atomic E-state index is 12.7. The van der Waals surface area contributed by atoms with E-state index < -0.39 is 11.7 Å². The summed E-state index contributed by atoms with van der Waals surface area (Å²) in [7, 11) is 0. The Kier molecular flexibility index (Phi) is 3.72. The minimum absolute atomic E-state index is 0.157. The first-order chi connectivity index (χ1) is 10.4. The van der Waals surface area contributed by atoms with Crippen LogP contribution >= 0.6 is 15.9 Å². The van der Waals surface area contributed by atoms with E-state index in [4.69, 9.17) is 0 Å². The number of halogens is 4. The average Bonchev–Trinajstić information content (AvgIpc) is 2.77. The molecule has 22 heavy (non-hydrogen) atoms. The van der Waals surface area contributed by atoms with Gasteiger partial charge < -0.3 is 4.90 Å². The number of fused-ring (bicyclic) bond motifs is 1. The Labute approximate surface area is 133 Å². The lowest BCUT2D eigenvalue weighted by atomic mass is 10.1. The summed E-state index contributed by atoms with van der Waals surface area (Å²) in [5.41, 5.74) is 1.24. The molecule has 2 nitrogen and oxygen atoms in total. The molecule has 0 radical (unpaired) electrons. The number of hydrogen-bond donors (Lipinski definition) is 0. The van der Waals surface area contributed by atoms with Gasteiger partial charge in [-0.2, -0.15) is 13.2 Å².